The first kappa shape index (κ1) is 15.1. The first-order valence-electron chi connectivity index (χ1n) is 5.88. The fourth-order valence-electron chi connectivity index (χ4n) is 1.90. The van der Waals surface area contributed by atoms with Crippen LogP contribution in [0.15, 0.2) is 24.4 Å². The summed E-state index contributed by atoms with van der Waals surface area (Å²) in [6, 6.07) is 5.63. The van der Waals surface area contributed by atoms with E-state index in [4.69, 9.17) is 17.3 Å². The lowest BCUT2D eigenvalue weighted by Gasteiger charge is -2.15. The maximum atomic E-state index is 11.6. The number of pyridine rings is 1. The van der Waals surface area contributed by atoms with E-state index in [9.17, 15) is 4.79 Å². The van der Waals surface area contributed by atoms with Gasteiger partial charge in [-0.25, -0.2) is 0 Å². The summed E-state index contributed by atoms with van der Waals surface area (Å²) in [6.07, 6.45) is 1.64. The quantitative estimate of drug-likeness (QED) is 0.769. The maximum absolute atomic E-state index is 11.6. The van der Waals surface area contributed by atoms with E-state index in [0.29, 0.717) is 27.7 Å². The van der Waals surface area contributed by atoms with Gasteiger partial charge in [0.2, 0.25) is 0 Å². The van der Waals surface area contributed by atoms with E-state index < -0.39 is 5.91 Å². The molecule has 0 saturated carbocycles. The van der Waals surface area contributed by atoms with Crippen molar-refractivity contribution in [2.45, 2.75) is 13.8 Å². The Morgan fingerprint density at radius 3 is 2.70 bits per heavy atom. The van der Waals surface area contributed by atoms with Crippen molar-refractivity contribution in [2.75, 3.05) is 5.32 Å². The van der Waals surface area contributed by atoms with Crippen LogP contribution in [0.25, 0.3) is 0 Å². The summed E-state index contributed by atoms with van der Waals surface area (Å²) in [5, 5.41) is 3.74. The van der Waals surface area contributed by atoms with Crippen molar-refractivity contribution in [3.8, 4) is 0 Å². The molecule has 0 aliphatic heterocycles. The molecule has 1 amide bonds. The highest BCUT2D eigenvalue weighted by atomic mass is 127. The van der Waals surface area contributed by atoms with Crippen molar-refractivity contribution in [1.29, 1.82) is 0 Å². The van der Waals surface area contributed by atoms with Gasteiger partial charge in [0, 0.05) is 9.77 Å². The SMILES string of the molecule is Cc1cnc(C)c(Nc2ccc(I)cc2Cl)c1C(N)=O. The van der Waals surface area contributed by atoms with Crippen LogP contribution in [-0.2, 0) is 0 Å². The van der Waals surface area contributed by atoms with E-state index in [0.717, 1.165) is 9.13 Å². The van der Waals surface area contributed by atoms with Crippen molar-refractivity contribution in [3.05, 3.63) is 49.8 Å². The molecule has 0 bridgehead atoms. The van der Waals surface area contributed by atoms with Crippen LogP contribution in [0.3, 0.4) is 0 Å². The molecule has 0 spiro atoms. The molecule has 1 heterocycles. The number of hydrogen-bond donors (Lipinski definition) is 2. The third-order valence-corrected chi connectivity index (χ3v) is 3.88. The Morgan fingerprint density at radius 2 is 2.10 bits per heavy atom. The van der Waals surface area contributed by atoms with Gasteiger partial charge in [0.05, 0.1) is 27.7 Å². The molecule has 0 fully saturated rings. The van der Waals surface area contributed by atoms with E-state index in [-0.39, 0.29) is 0 Å². The van der Waals surface area contributed by atoms with Crippen LogP contribution in [0.5, 0.6) is 0 Å². The van der Waals surface area contributed by atoms with Crippen molar-refractivity contribution in [1.82, 2.24) is 4.98 Å². The van der Waals surface area contributed by atoms with Gasteiger partial charge in [0.25, 0.3) is 5.91 Å². The van der Waals surface area contributed by atoms with E-state index in [2.05, 4.69) is 32.9 Å². The number of primary amides is 1. The van der Waals surface area contributed by atoms with Crippen molar-refractivity contribution in [3.63, 3.8) is 0 Å². The molecule has 0 atom stereocenters. The first-order chi connectivity index (χ1) is 9.40. The second-order valence-corrected chi connectivity index (χ2v) is 6.04. The number of carbonyl (C=O) groups excluding carboxylic acids is 1. The summed E-state index contributed by atoms with van der Waals surface area (Å²) in [5.74, 6) is -0.489. The van der Waals surface area contributed by atoms with Gasteiger partial charge in [-0.15, -0.1) is 0 Å². The van der Waals surface area contributed by atoms with Crippen molar-refractivity contribution in [2.24, 2.45) is 5.73 Å². The van der Waals surface area contributed by atoms with Crippen LogP contribution in [0.4, 0.5) is 11.4 Å². The number of benzene rings is 1. The number of hydrogen-bond acceptors (Lipinski definition) is 3. The zero-order valence-electron chi connectivity index (χ0n) is 11.0. The van der Waals surface area contributed by atoms with Crippen LogP contribution in [0.2, 0.25) is 5.02 Å². The normalized spacial score (nSPS) is 10.4. The summed E-state index contributed by atoms with van der Waals surface area (Å²) in [7, 11) is 0. The highest BCUT2D eigenvalue weighted by Gasteiger charge is 2.16. The lowest BCUT2D eigenvalue weighted by molar-refractivity contribution is 0.100. The highest BCUT2D eigenvalue weighted by molar-refractivity contribution is 14.1. The number of aryl methyl sites for hydroxylation is 2. The molecule has 2 aromatic rings. The Labute approximate surface area is 135 Å². The summed E-state index contributed by atoms with van der Waals surface area (Å²) in [5.41, 5.74) is 8.63. The second kappa shape index (κ2) is 5.97. The minimum atomic E-state index is -0.489. The summed E-state index contributed by atoms with van der Waals surface area (Å²) < 4.78 is 1.03. The van der Waals surface area contributed by atoms with Crippen LogP contribution >= 0.6 is 34.2 Å². The fourth-order valence-corrected chi connectivity index (χ4v) is 2.80. The van der Waals surface area contributed by atoms with Gasteiger partial charge in [0.15, 0.2) is 0 Å². The molecule has 2 rings (SSSR count). The predicted octanol–water partition coefficient (Wildman–Crippen LogP) is 3.80. The predicted molar refractivity (Wildman–Crippen MR) is 89.7 cm³/mol. The van der Waals surface area contributed by atoms with Gasteiger partial charge in [-0.1, -0.05) is 11.6 Å². The van der Waals surface area contributed by atoms with Gasteiger partial charge >= 0.3 is 0 Å². The van der Waals surface area contributed by atoms with Crippen LogP contribution in [0.1, 0.15) is 21.6 Å². The number of rotatable bonds is 3. The largest absolute Gasteiger partial charge is 0.366 e. The number of halogens is 2. The molecular weight excluding hydrogens is 389 g/mol. The van der Waals surface area contributed by atoms with E-state index in [1.165, 1.54) is 0 Å². The molecule has 20 heavy (non-hydrogen) atoms. The lowest BCUT2D eigenvalue weighted by atomic mass is 10.1. The monoisotopic (exact) mass is 401 g/mol. The van der Waals surface area contributed by atoms with Crippen LogP contribution in [0, 0.1) is 17.4 Å². The molecule has 0 radical (unpaired) electrons. The number of nitrogens with one attached hydrogen (secondary N) is 1. The van der Waals surface area contributed by atoms with Crippen LogP contribution in [-0.4, -0.2) is 10.9 Å². The van der Waals surface area contributed by atoms with Gasteiger partial charge in [-0.2, -0.15) is 0 Å². The molecule has 1 aromatic heterocycles. The minimum absolute atomic E-state index is 0.437. The van der Waals surface area contributed by atoms with Gasteiger partial charge in [0.1, 0.15) is 0 Å². The molecule has 0 aliphatic rings. The molecule has 1 aromatic carbocycles. The van der Waals surface area contributed by atoms with Crippen molar-refractivity contribution < 1.29 is 4.79 Å². The molecule has 0 saturated heterocycles. The van der Waals surface area contributed by atoms with E-state index >= 15 is 0 Å². The highest BCUT2D eigenvalue weighted by Crippen LogP contribution is 2.30. The number of aromatic nitrogens is 1. The number of amides is 1. The Balaban J connectivity index is 2.53. The van der Waals surface area contributed by atoms with Gasteiger partial charge in [-0.05, 0) is 60.2 Å². The van der Waals surface area contributed by atoms with E-state index in [1.807, 2.05) is 25.1 Å². The number of nitrogens with two attached hydrogens (primary N) is 1. The third kappa shape index (κ3) is 3.04. The molecule has 6 heteroatoms. The minimum Gasteiger partial charge on any atom is -0.366 e. The van der Waals surface area contributed by atoms with Crippen molar-refractivity contribution >= 4 is 51.5 Å². The average molecular weight is 402 g/mol. The topological polar surface area (TPSA) is 68.0 Å². The van der Waals surface area contributed by atoms with Gasteiger partial charge < -0.3 is 11.1 Å². The molecule has 3 N–H and O–H groups in total. The molecule has 0 aliphatic carbocycles. The molecule has 104 valence electrons. The smallest absolute Gasteiger partial charge is 0.251 e. The summed E-state index contributed by atoms with van der Waals surface area (Å²) in [6.45, 7) is 3.61. The zero-order valence-corrected chi connectivity index (χ0v) is 13.9. The zero-order chi connectivity index (χ0) is 14.9. The number of nitrogens with zero attached hydrogens (tertiary/aromatic N) is 1. The average Bonchev–Trinajstić information content (AvgIpc) is 2.36. The first-order valence-corrected chi connectivity index (χ1v) is 7.34. The Morgan fingerprint density at radius 1 is 1.40 bits per heavy atom. The second-order valence-electron chi connectivity index (χ2n) is 4.39. The molecule has 4 nitrogen and oxygen atoms in total. The number of carbonyl (C=O) groups is 1. The summed E-state index contributed by atoms with van der Waals surface area (Å²) >= 11 is 8.38. The lowest BCUT2D eigenvalue weighted by Crippen LogP contribution is -2.16. The standard InChI is InChI=1S/C14H13ClIN3O/c1-7-6-18-8(2)13(12(7)14(17)20)19-11-4-3-9(16)5-10(11)15/h3-6,19H,1-2H3,(H2,17,20). The third-order valence-electron chi connectivity index (χ3n) is 2.90. The maximum Gasteiger partial charge on any atom is 0.251 e. The fraction of sp³-hybridized carbons (Fsp3) is 0.143. The molecular formula is C14H13ClIN3O. The Kier molecular flexibility index (Phi) is 4.49. The Hall–Kier alpha value is -1.34. The number of anilines is 2. The van der Waals surface area contributed by atoms with E-state index in [1.54, 1.807) is 13.1 Å². The molecule has 0 unspecified atom stereocenters. The van der Waals surface area contributed by atoms with Crippen LogP contribution < -0.4 is 11.1 Å². The van der Waals surface area contributed by atoms with Gasteiger partial charge in [-0.3, -0.25) is 9.78 Å². The Bertz CT molecular complexity index is 688. The summed E-state index contributed by atoms with van der Waals surface area (Å²) in [4.78, 5) is 15.9.